The molecule has 0 atom stereocenters. The fourth-order valence-corrected chi connectivity index (χ4v) is 2.73. The molecule has 4 N–H and O–H groups in total. The molecule has 0 aliphatic carbocycles. The number of fused-ring (bicyclic) bond motifs is 2. The van der Waals surface area contributed by atoms with Crippen molar-refractivity contribution in [2.24, 2.45) is 0 Å². The Kier molecular flexibility index (Phi) is 2.93. The van der Waals surface area contributed by atoms with Gasteiger partial charge in [0.05, 0.1) is 11.0 Å². The number of hydrogen-bond acceptors (Lipinski definition) is 3. The summed E-state index contributed by atoms with van der Waals surface area (Å²) in [5.74, 6) is 0.758. The van der Waals surface area contributed by atoms with Crippen LogP contribution in [0.2, 0.25) is 0 Å². The average molecular weight is 288 g/mol. The maximum atomic E-state index is 5.79. The van der Waals surface area contributed by atoms with Crippen molar-refractivity contribution in [2.45, 2.75) is 6.54 Å². The van der Waals surface area contributed by atoms with Gasteiger partial charge in [0.2, 0.25) is 5.95 Å². The predicted octanol–water partition coefficient (Wildman–Crippen LogP) is 3.91. The predicted molar refractivity (Wildman–Crippen MR) is 91.8 cm³/mol. The van der Waals surface area contributed by atoms with Gasteiger partial charge in [-0.05, 0) is 34.5 Å². The highest BCUT2D eigenvalue weighted by molar-refractivity contribution is 5.86. The van der Waals surface area contributed by atoms with Crippen molar-refractivity contribution in [3.05, 3.63) is 66.2 Å². The van der Waals surface area contributed by atoms with E-state index in [9.17, 15) is 0 Å². The summed E-state index contributed by atoms with van der Waals surface area (Å²) in [4.78, 5) is 7.79. The SMILES string of the molecule is Nc1ccc2[nH]c(NCc3cccc4ccccc34)nc2c1. The molecule has 4 aromatic rings. The number of nitrogen functional groups attached to an aromatic ring is 1. The van der Waals surface area contributed by atoms with Gasteiger partial charge in [-0.2, -0.15) is 0 Å². The largest absolute Gasteiger partial charge is 0.399 e. The Hall–Kier alpha value is -3.01. The van der Waals surface area contributed by atoms with Crippen LogP contribution in [0, 0.1) is 0 Å². The first-order valence-electron chi connectivity index (χ1n) is 7.25. The number of anilines is 2. The number of aromatic amines is 1. The lowest BCUT2D eigenvalue weighted by molar-refractivity contribution is 1.11. The van der Waals surface area contributed by atoms with Gasteiger partial charge in [0.1, 0.15) is 0 Å². The number of rotatable bonds is 3. The van der Waals surface area contributed by atoms with Crippen LogP contribution in [-0.2, 0) is 6.54 Å². The van der Waals surface area contributed by atoms with E-state index in [2.05, 4.69) is 57.7 Å². The number of H-pyrrole nitrogens is 1. The van der Waals surface area contributed by atoms with Crippen LogP contribution in [0.1, 0.15) is 5.56 Å². The molecule has 108 valence electrons. The van der Waals surface area contributed by atoms with Crippen LogP contribution in [0.4, 0.5) is 11.6 Å². The molecular weight excluding hydrogens is 272 g/mol. The summed E-state index contributed by atoms with van der Waals surface area (Å²) < 4.78 is 0. The molecular formula is C18H16N4. The number of nitrogens with two attached hydrogens (primary N) is 1. The van der Waals surface area contributed by atoms with Gasteiger partial charge < -0.3 is 16.0 Å². The molecule has 0 radical (unpaired) electrons. The van der Waals surface area contributed by atoms with Gasteiger partial charge >= 0.3 is 0 Å². The maximum Gasteiger partial charge on any atom is 0.201 e. The third-order valence-corrected chi connectivity index (χ3v) is 3.83. The molecule has 4 nitrogen and oxygen atoms in total. The van der Waals surface area contributed by atoms with E-state index in [1.807, 2.05) is 18.2 Å². The third kappa shape index (κ3) is 2.24. The standard InChI is InChI=1S/C18H16N4/c19-14-8-9-16-17(10-14)22-18(21-16)20-11-13-6-3-5-12-4-1-2-7-15(12)13/h1-10H,11,19H2,(H2,20,21,22). The highest BCUT2D eigenvalue weighted by atomic mass is 15.1. The first-order valence-corrected chi connectivity index (χ1v) is 7.25. The second kappa shape index (κ2) is 5.07. The van der Waals surface area contributed by atoms with Gasteiger partial charge in [0.15, 0.2) is 0 Å². The highest BCUT2D eigenvalue weighted by Gasteiger charge is 2.04. The van der Waals surface area contributed by atoms with E-state index < -0.39 is 0 Å². The number of nitrogens with zero attached hydrogens (tertiary/aromatic N) is 1. The van der Waals surface area contributed by atoms with Crippen molar-refractivity contribution in [2.75, 3.05) is 11.1 Å². The molecule has 0 bridgehead atoms. The molecule has 0 fully saturated rings. The Morgan fingerprint density at radius 1 is 1.00 bits per heavy atom. The second-order valence-corrected chi connectivity index (χ2v) is 5.35. The number of hydrogen-bond donors (Lipinski definition) is 3. The van der Waals surface area contributed by atoms with E-state index in [1.54, 1.807) is 0 Å². The molecule has 4 heteroatoms. The number of aromatic nitrogens is 2. The van der Waals surface area contributed by atoms with Crippen LogP contribution in [0.3, 0.4) is 0 Å². The van der Waals surface area contributed by atoms with Gasteiger partial charge in [-0.15, -0.1) is 0 Å². The van der Waals surface area contributed by atoms with Gasteiger partial charge in [-0.3, -0.25) is 0 Å². The molecule has 0 aliphatic heterocycles. The van der Waals surface area contributed by atoms with Crippen molar-refractivity contribution in [3.8, 4) is 0 Å². The van der Waals surface area contributed by atoms with Crippen LogP contribution in [0.5, 0.6) is 0 Å². The molecule has 0 saturated heterocycles. The topological polar surface area (TPSA) is 66.7 Å². The lowest BCUT2D eigenvalue weighted by Crippen LogP contribution is -2.01. The minimum atomic E-state index is 0.719. The quantitative estimate of drug-likeness (QED) is 0.501. The van der Waals surface area contributed by atoms with E-state index in [-0.39, 0.29) is 0 Å². The number of benzene rings is 3. The normalized spacial score (nSPS) is 11.1. The maximum absolute atomic E-state index is 5.79. The van der Waals surface area contributed by atoms with Gasteiger partial charge in [-0.25, -0.2) is 4.98 Å². The molecule has 0 aliphatic rings. The Morgan fingerprint density at radius 3 is 2.82 bits per heavy atom. The average Bonchev–Trinajstić information content (AvgIpc) is 2.95. The first kappa shape index (κ1) is 12.7. The molecule has 0 saturated carbocycles. The highest BCUT2D eigenvalue weighted by Crippen LogP contribution is 2.21. The van der Waals surface area contributed by atoms with Crippen molar-refractivity contribution >= 4 is 33.4 Å². The molecule has 1 aromatic heterocycles. The van der Waals surface area contributed by atoms with Crippen LogP contribution in [-0.4, -0.2) is 9.97 Å². The summed E-state index contributed by atoms with van der Waals surface area (Å²) >= 11 is 0. The Bertz CT molecular complexity index is 950. The van der Waals surface area contributed by atoms with E-state index in [1.165, 1.54) is 16.3 Å². The van der Waals surface area contributed by atoms with Gasteiger partial charge in [-0.1, -0.05) is 42.5 Å². The zero-order chi connectivity index (χ0) is 14.9. The Balaban J connectivity index is 1.62. The molecule has 0 amide bonds. The molecule has 22 heavy (non-hydrogen) atoms. The molecule has 3 aromatic carbocycles. The van der Waals surface area contributed by atoms with E-state index >= 15 is 0 Å². The smallest absolute Gasteiger partial charge is 0.201 e. The summed E-state index contributed by atoms with van der Waals surface area (Å²) in [6, 6.07) is 20.4. The molecule has 0 unspecified atom stereocenters. The fourth-order valence-electron chi connectivity index (χ4n) is 2.73. The van der Waals surface area contributed by atoms with Crippen LogP contribution in [0.25, 0.3) is 21.8 Å². The summed E-state index contributed by atoms with van der Waals surface area (Å²) in [7, 11) is 0. The van der Waals surface area contributed by atoms with Crippen molar-refractivity contribution < 1.29 is 0 Å². The van der Waals surface area contributed by atoms with Crippen molar-refractivity contribution in [3.63, 3.8) is 0 Å². The minimum absolute atomic E-state index is 0.719. The van der Waals surface area contributed by atoms with Crippen molar-refractivity contribution in [1.82, 2.24) is 9.97 Å². The Morgan fingerprint density at radius 2 is 1.86 bits per heavy atom. The third-order valence-electron chi connectivity index (χ3n) is 3.83. The second-order valence-electron chi connectivity index (χ2n) is 5.35. The van der Waals surface area contributed by atoms with Crippen molar-refractivity contribution in [1.29, 1.82) is 0 Å². The summed E-state index contributed by atoms with van der Waals surface area (Å²) in [6.45, 7) is 0.719. The molecule has 0 spiro atoms. The van der Waals surface area contributed by atoms with E-state index in [4.69, 9.17) is 5.73 Å². The summed E-state index contributed by atoms with van der Waals surface area (Å²) in [5.41, 5.74) is 9.61. The monoisotopic (exact) mass is 288 g/mol. The lowest BCUT2D eigenvalue weighted by Gasteiger charge is -2.07. The first-order chi connectivity index (χ1) is 10.8. The van der Waals surface area contributed by atoms with E-state index in [0.717, 1.165) is 29.2 Å². The number of imidazole rings is 1. The van der Waals surface area contributed by atoms with Gasteiger partial charge in [0, 0.05) is 12.2 Å². The zero-order valence-corrected chi connectivity index (χ0v) is 12.0. The molecule has 4 rings (SSSR count). The van der Waals surface area contributed by atoms with Crippen LogP contribution in [0.15, 0.2) is 60.7 Å². The summed E-state index contributed by atoms with van der Waals surface area (Å²) in [6.07, 6.45) is 0. The molecule has 1 heterocycles. The van der Waals surface area contributed by atoms with Crippen LogP contribution < -0.4 is 11.1 Å². The summed E-state index contributed by atoms with van der Waals surface area (Å²) in [5, 5.41) is 5.87. The van der Waals surface area contributed by atoms with E-state index in [0.29, 0.717) is 0 Å². The minimum Gasteiger partial charge on any atom is -0.399 e. The fraction of sp³-hybridized carbons (Fsp3) is 0.0556. The zero-order valence-electron chi connectivity index (χ0n) is 12.0. The van der Waals surface area contributed by atoms with Crippen LogP contribution >= 0.6 is 0 Å². The van der Waals surface area contributed by atoms with Gasteiger partial charge in [0.25, 0.3) is 0 Å². The lowest BCUT2D eigenvalue weighted by atomic mass is 10.0. The Labute approximate surface area is 128 Å². The number of nitrogens with one attached hydrogen (secondary N) is 2.